The topological polar surface area (TPSA) is 68.3 Å². The van der Waals surface area contributed by atoms with Crippen LogP contribution in [0.4, 0.5) is 0 Å². The Hall–Kier alpha value is -1.95. The second-order valence-corrected chi connectivity index (χ2v) is 5.92. The molecular weight excluding hydrogens is 300 g/mol. The fourth-order valence-corrected chi connectivity index (χ4v) is 2.87. The monoisotopic (exact) mass is 320 g/mol. The third-order valence-electron chi connectivity index (χ3n) is 3.41. The van der Waals surface area contributed by atoms with E-state index in [1.807, 2.05) is 12.1 Å². The molecule has 6 heteroatoms. The molecule has 0 aliphatic carbocycles. The first-order valence-corrected chi connectivity index (χ1v) is 8.27. The fourth-order valence-electron chi connectivity index (χ4n) is 2.15. The molecule has 2 rings (SSSR count). The summed E-state index contributed by atoms with van der Waals surface area (Å²) in [6.45, 7) is 0.651. The van der Waals surface area contributed by atoms with Gasteiger partial charge in [-0.15, -0.1) is 11.3 Å². The Morgan fingerprint density at radius 3 is 2.86 bits per heavy atom. The standard InChI is InChI=1S/C16H20N2O3S/c1-21-15(19)6-4-2-3-5-9-17-16(20)12-7-8-13-14(10-12)22-11-18-13/h7-8,10-11H,2-6,9H2,1H3,(H,17,20). The number of hydrogen-bond donors (Lipinski definition) is 1. The molecular formula is C16H20N2O3S. The van der Waals surface area contributed by atoms with E-state index < -0.39 is 0 Å². The van der Waals surface area contributed by atoms with Crippen LogP contribution in [0.5, 0.6) is 0 Å². The van der Waals surface area contributed by atoms with E-state index in [4.69, 9.17) is 0 Å². The number of hydrogen-bond acceptors (Lipinski definition) is 5. The van der Waals surface area contributed by atoms with Crippen molar-refractivity contribution in [2.45, 2.75) is 32.1 Å². The lowest BCUT2D eigenvalue weighted by Gasteiger charge is -2.05. The summed E-state index contributed by atoms with van der Waals surface area (Å²) in [5.41, 5.74) is 3.37. The predicted molar refractivity (Wildman–Crippen MR) is 87.1 cm³/mol. The first-order chi connectivity index (χ1) is 10.7. The van der Waals surface area contributed by atoms with Gasteiger partial charge >= 0.3 is 5.97 Å². The van der Waals surface area contributed by atoms with Crippen LogP contribution >= 0.6 is 11.3 Å². The number of methoxy groups -OCH3 is 1. The number of carbonyl (C=O) groups excluding carboxylic acids is 2. The van der Waals surface area contributed by atoms with E-state index >= 15 is 0 Å². The van der Waals surface area contributed by atoms with Gasteiger partial charge in [0, 0.05) is 18.5 Å². The molecule has 0 aliphatic heterocycles. The second kappa shape index (κ2) is 8.48. The van der Waals surface area contributed by atoms with Gasteiger partial charge in [0.15, 0.2) is 0 Å². The zero-order valence-electron chi connectivity index (χ0n) is 12.6. The van der Waals surface area contributed by atoms with E-state index in [0.717, 1.165) is 35.9 Å². The number of rotatable bonds is 8. The predicted octanol–water partition coefficient (Wildman–Crippen LogP) is 3.15. The fraction of sp³-hybridized carbons (Fsp3) is 0.438. The van der Waals surface area contributed by atoms with E-state index in [0.29, 0.717) is 18.5 Å². The molecule has 1 heterocycles. The molecule has 0 atom stereocenters. The maximum atomic E-state index is 12.0. The van der Waals surface area contributed by atoms with Gasteiger partial charge in [0.1, 0.15) is 0 Å². The minimum Gasteiger partial charge on any atom is -0.469 e. The largest absolute Gasteiger partial charge is 0.469 e. The summed E-state index contributed by atoms with van der Waals surface area (Å²) in [5, 5.41) is 2.92. The first kappa shape index (κ1) is 16.4. The number of esters is 1. The third kappa shape index (κ3) is 4.80. The highest BCUT2D eigenvalue weighted by atomic mass is 32.1. The molecule has 2 aromatic rings. The van der Waals surface area contributed by atoms with E-state index in [2.05, 4.69) is 15.0 Å². The number of amides is 1. The van der Waals surface area contributed by atoms with Crippen LogP contribution in [0.1, 0.15) is 42.5 Å². The summed E-state index contributed by atoms with van der Waals surface area (Å²) < 4.78 is 5.61. The Balaban J connectivity index is 1.64. The Labute approximate surface area is 133 Å². The minimum absolute atomic E-state index is 0.0511. The first-order valence-electron chi connectivity index (χ1n) is 7.39. The number of fused-ring (bicyclic) bond motifs is 1. The molecule has 0 bridgehead atoms. The summed E-state index contributed by atoms with van der Waals surface area (Å²) in [6.07, 6.45) is 4.18. The number of aromatic nitrogens is 1. The van der Waals surface area contributed by atoms with Gasteiger partial charge in [-0.2, -0.15) is 0 Å². The van der Waals surface area contributed by atoms with Crippen LogP contribution in [-0.2, 0) is 9.53 Å². The molecule has 118 valence electrons. The van der Waals surface area contributed by atoms with E-state index in [1.165, 1.54) is 18.4 Å². The number of nitrogens with one attached hydrogen (secondary N) is 1. The Morgan fingerprint density at radius 1 is 1.23 bits per heavy atom. The van der Waals surface area contributed by atoms with Gasteiger partial charge in [-0.25, -0.2) is 4.98 Å². The molecule has 22 heavy (non-hydrogen) atoms. The molecule has 5 nitrogen and oxygen atoms in total. The smallest absolute Gasteiger partial charge is 0.305 e. The van der Waals surface area contributed by atoms with Crippen LogP contribution < -0.4 is 5.32 Å². The van der Waals surface area contributed by atoms with Gasteiger partial charge in [-0.3, -0.25) is 9.59 Å². The Kier molecular flexibility index (Phi) is 6.33. The molecule has 1 N–H and O–H groups in total. The lowest BCUT2D eigenvalue weighted by Crippen LogP contribution is -2.24. The van der Waals surface area contributed by atoms with Crippen molar-refractivity contribution in [2.24, 2.45) is 0 Å². The maximum absolute atomic E-state index is 12.0. The van der Waals surface area contributed by atoms with Crippen molar-refractivity contribution in [2.75, 3.05) is 13.7 Å². The van der Waals surface area contributed by atoms with E-state index in [1.54, 1.807) is 11.6 Å². The van der Waals surface area contributed by atoms with Crippen LogP contribution in [0.3, 0.4) is 0 Å². The molecule has 0 aliphatic rings. The van der Waals surface area contributed by atoms with Crippen molar-refractivity contribution in [1.29, 1.82) is 0 Å². The van der Waals surface area contributed by atoms with Crippen molar-refractivity contribution in [3.8, 4) is 0 Å². The summed E-state index contributed by atoms with van der Waals surface area (Å²) in [6, 6.07) is 5.54. The Bertz CT molecular complexity index is 639. The van der Waals surface area contributed by atoms with E-state index in [-0.39, 0.29) is 11.9 Å². The summed E-state index contributed by atoms with van der Waals surface area (Å²) in [4.78, 5) is 27.2. The minimum atomic E-state index is -0.160. The summed E-state index contributed by atoms with van der Waals surface area (Å²) in [5.74, 6) is -0.211. The number of ether oxygens (including phenoxy) is 1. The molecule has 0 saturated carbocycles. The molecule has 0 radical (unpaired) electrons. The van der Waals surface area contributed by atoms with Crippen molar-refractivity contribution >= 4 is 33.4 Å². The highest BCUT2D eigenvalue weighted by molar-refractivity contribution is 7.16. The molecule has 1 aromatic carbocycles. The van der Waals surface area contributed by atoms with Crippen molar-refractivity contribution in [3.63, 3.8) is 0 Å². The molecule has 1 aromatic heterocycles. The molecule has 0 unspecified atom stereocenters. The van der Waals surface area contributed by atoms with Crippen LogP contribution in [0.25, 0.3) is 10.2 Å². The van der Waals surface area contributed by atoms with Crippen molar-refractivity contribution in [1.82, 2.24) is 10.3 Å². The zero-order valence-corrected chi connectivity index (χ0v) is 13.4. The van der Waals surface area contributed by atoms with E-state index in [9.17, 15) is 9.59 Å². The van der Waals surface area contributed by atoms with Gasteiger partial charge in [-0.05, 0) is 31.0 Å². The average molecular weight is 320 g/mol. The van der Waals surface area contributed by atoms with Crippen LogP contribution in [0, 0.1) is 0 Å². The number of thiazole rings is 1. The van der Waals surface area contributed by atoms with Gasteiger partial charge in [-0.1, -0.05) is 12.8 Å². The summed E-state index contributed by atoms with van der Waals surface area (Å²) in [7, 11) is 1.40. The quantitative estimate of drug-likeness (QED) is 0.599. The van der Waals surface area contributed by atoms with Gasteiger partial charge < -0.3 is 10.1 Å². The van der Waals surface area contributed by atoms with Gasteiger partial charge in [0.05, 0.1) is 22.8 Å². The highest BCUT2D eigenvalue weighted by Gasteiger charge is 2.07. The molecule has 0 spiro atoms. The maximum Gasteiger partial charge on any atom is 0.305 e. The lowest BCUT2D eigenvalue weighted by atomic mass is 10.1. The molecule has 1 amide bonds. The lowest BCUT2D eigenvalue weighted by molar-refractivity contribution is -0.140. The third-order valence-corrected chi connectivity index (χ3v) is 4.21. The van der Waals surface area contributed by atoms with Crippen molar-refractivity contribution in [3.05, 3.63) is 29.3 Å². The number of benzene rings is 1. The average Bonchev–Trinajstić information content (AvgIpc) is 3.00. The van der Waals surface area contributed by atoms with Crippen LogP contribution in [-0.4, -0.2) is 30.5 Å². The van der Waals surface area contributed by atoms with Gasteiger partial charge in [0.25, 0.3) is 5.91 Å². The summed E-state index contributed by atoms with van der Waals surface area (Å²) >= 11 is 1.53. The second-order valence-electron chi connectivity index (χ2n) is 5.03. The number of unbranched alkanes of at least 4 members (excludes halogenated alkanes) is 3. The highest BCUT2D eigenvalue weighted by Crippen LogP contribution is 2.18. The SMILES string of the molecule is COC(=O)CCCCCCNC(=O)c1ccc2ncsc2c1. The van der Waals surface area contributed by atoms with Crippen LogP contribution in [0.2, 0.25) is 0 Å². The normalized spacial score (nSPS) is 10.6. The Morgan fingerprint density at radius 2 is 2.05 bits per heavy atom. The zero-order chi connectivity index (χ0) is 15.8. The molecule has 0 fully saturated rings. The van der Waals surface area contributed by atoms with Crippen LogP contribution in [0.15, 0.2) is 23.7 Å². The molecule has 0 saturated heterocycles. The number of nitrogens with zero attached hydrogens (tertiary/aromatic N) is 1. The number of carbonyl (C=O) groups is 2. The van der Waals surface area contributed by atoms with Crippen molar-refractivity contribution < 1.29 is 14.3 Å². The van der Waals surface area contributed by atoms with Gasteiger partial charge in [0.2, 0.25) is 0 Å².